The van der Waals surface area contributed by atoms with Gasteiger partial charge < -0.3 is 15.8 Å². The number of methoxy groups -OCH3 is 1. The first-order valence-electron chi connectivity index (χ1n) is 10.6. The summed E-state index contributed by atoms with van der Waals surface area (Å²) in [5.41, 5.74) is 9.08. The van der Waals surface area contributed by atoms with Crippen molar-refractivity contribution in [2.75, 3.05) is 25.5 Å². The summed E-state index contributed by atoms with van der Waals surface area (Å²) in [6.45, 7) is 1.72. The Morgan fingerprint density at radius 3 is 2.34 bits per heavy atom. The zero-order valence-corrected chi connectivity index (χ0v) is 18.0. The molecule has 1 aromatic carbocycles. The van der Waals surface area contributed by atoms with E-state index in [4.69, 9.17) is 27.1 Å². The first kappa shape index (κ1) is 21.6. The summed E-state index contributed by atoms with van der Waals surface area (Å²) in [4.78, 5) is 9.36. The number of anilines is 1. The van der Waals surface area contributed by atoms with Gasteiger partial charge in [0.25, 0.3) is 0 Å². The van der Waals surface area contributed by atoms with Crippen LogP contribution in [0.1, 0.15) is 51.4 Å². The van der Waals surface area contributed by atoms with Gasteiger partial charge in [-0.3, -0.25) is 0 Å². The summed E-state index contributed by atoms with van der Waals surface area (Å²) in [7, 11) is 1.63. The molecule has 156 valence electrons. The van der Waals surface area contributed by atoms with Crippen molar-refractivity contribution in [2.45, 2.75) is 51.4 Å². The molecule has 3 rings (SSSR count). The van der Waals surface area contributed by atoms with Crippen LogP contribution in [-0.2, 0) is 0 Å². The minimum Gasteiger partial charge on any atom is -0.481 e. The molecule has 2 heterocycles. The first-order valence-corrected chi connectivity index (χ1v) is 11.0. The summed E-state index contributed by atoms with van der Waals surface area (Å²) in [6, 6.07) is 9.58. The van der Waals surface area contributed by atoms with Crippen LogP contribution in [0.15, 0.2) is 30.3 Å². The van der Waals surface area contributed by atoms with Crippen LogP contribution in [0.4, 0.5) is 5.69 Å². The van der Waals surface area contributed by atoms with Crippen LogP contribution in [0.25, 0.3) is 21.9 Å². The zero-order chi connectivity index (χ0) is 20.5. The number of nitrogens with two attached hydrogens (primary N) is 1. The third-order valence-corrected chi connectivity index (χ3v) is 5.43. The molecule has 0 amide bonds. The summed E-state index contributed by atoms with van der Waals surface area (Å²) in [5, 5.41) is 5.32. The lowest BCUT2D eigenvalue weighted by Gasteiger charge is -2.13. The van der Waals surface area contributed by atoms with E-state index in [-0.39, 0.29) is 0 Å². The molecule has 29 heavy (non-hydrogen) atoms. The minimum atomic E-state index is 0.588. The maximum Gasteiger partial charge on any atom is 0.213 e. The second-order valence-corrected chi connectivity index (χ2v) is 7.85. The first-order chi connectivity index (χ1) is 14.2. The summed E-state index contributed by atoms with van der Waals surface area (Å²) in [6.07, 6.45) is 9.99. The number of fused-ring (bicyclic) bond motifs is 2. The molecule has 3 aromatic rings. The van der Waals surface area contributed by atoms with Crippen LogP contribution in [0.5, 0.6) is 5.88 Å². The maximum absolute atomic E-state index is 6.18. The van der Waals surface area contributed by atoms with E-state index in [1.54, 1.807) is 7.11 Å². The second-order valence-electron chi connectivity index (χ2n) is 7.41. The summed E-state index contributed by atoms with van der Waals surface area (Å²) in [5.74, 6) is 0.588. The number of unbranched alkanes of at least 4 members (excludes halogenated alkanes) is 7. The smallest absolute Gasteiger partial charge is 0.213 e. The van der Waals surface area contributed by atoms with Gasteiger partial charge in [-0.15, -0.1) is 0 Å². The molecule has 0 atom stereocenters. The fraction of sp³-hybridized carbons (Fsp3) is 0.478. The fourth-order valence-electron chi connectivity index (χ4n) is 3.61. The SMILES string of the molecule is COc1ccc2nc3cc(Cl)ccc3c(NCCCCCCCCCCN)c2n1. The van der Waals surface area contributed by atoms with Crippen molar-refractivity contribution in [3.63, 3.8) is 0 Å². The second kappa shape index (κ2) is 11.2. The molecule has 3 N–H and O–H groups in total. The lowest BCUT2D eigenvalue weighted by atomic mass is 10.1. The number of ether oxygens (including phenoxy) is 1. The van der Waals surface area contributed by atoms with Crippen LogP contribution in [0, 0.1) is 0 Å². The van der Waals surface area contributed by atoms with E-state index in [0.29, 0.717) is 10.9 Å². The molecule has 0 saturated heterocycles. The molecule has 0 spiro atoms. The van der Waals surface area contributed by atoms with Gasteiger partial charge in [-0.2, -0.15) is 0 Å². The van der Waals surface area contributed by atoms with Gasteiger partial charge >= 0.3 is 0 Å². The molecule has 0 bridgehead atoms. The Morgan fingerprint density at radius 1 is 0.897 bits per heavy atom. The van der Waals surface area contributed by atoms with Crippen molar-refractivity contribution >= 4 is 39.2 Å². The lowest BCUT2D eigenvalue weighted by molar-refractivity contribution is 0.399. The van der Waals surface area contributed by atoms with E-state index in [9.17, 15) is 0 Å². The average Bonchev–Trinajstić information content (AvgIpc) is 2.73. The number of hydrogen-bond acceptors (Lipinski definition) is 5. The Bertz CT molecular complexity index is 932. The molecular formula is C23H31ClN4O. The molecule has 2 aromatic heterocycles. The van der Waals surface area contributed by atoms with Crippen molar-refractivity contribution in [1.29, 1.82) is 0 Å². The predicted octanol–water partition coefficient (Wildman–Crippen LogP) is 5.94. The van der Waals surface area contributed by atoms with Crippen LogP contribution in [0.3, 0.4) is 0 Å². The van der Waals surface area contributed by atoms with Crippen molar-refractivity contribution in [1.82, 2.24) is 9.97 Å². The van der Waals surface area contributed by atoms with E-state index in [2.05, 4.69) is 10.3 Å². The van der Waals surface area contributed by atoms with Crippen LogP contribution >= 0.6 is 11.6 Å². The van der Waals surface area contributed by atoms with Gasteiger partial charge in [0.05, 0.1) is 23.8 Å². The number of hydrogen-bond donors (Lipinski definition) is 2. The standard InChI is InChI=1S/C23H31ClN4O/c1-29-21-13-12-19-23(28-21)22(18-11-10-17(24)16-20(18)27-19)26-15-9-7-5-3-2-4-6-8-14-25/h10-13,16H,2-9,14-15,25H2,1H3,(H,26,27). The largest absolute Gasteiger partial charge is 0.481 e. The van der Waals surface area contributed by atoms with Gasteiger partial charge in [-0.25, -0.2) is 9.97 Å². The van der Waals surface area contributed by atoms with E-state index < -0.39 is 0 Å². The highest BCUT2D eigenvalue weighted by Gasteiger charge is 2.12. The van der Waals surface area contributed by atoms with Gasteiger partial charge in [0.2, 0.25) is 5.88 Å². The number of pyridine rings is 2. The minimum absolute atomic E-state index is 0.588. The molecule has 0 radical (unpaired) electrons. The van der Waals surface area contributed by atoms with Gasteiger partial charge in [0.1, 0.15) is 5.52 Å². The molecule has 0 fully saturated rings. The number of nitrogens with one attached hydrogen (secondary N) is 1. The van der Waals surface area contributed by atoms with Crippen LogP contribution in [-0.4, -0.2) is 30.2 Å². The Morgan fingerprint density at radius 2 is 1.62 bits per heavy atom. The number of nitrogens with zero attached hydrogens (tertiary/aromatic N) is 2. The highest BCUT2D eigenvalue weighted by molar-refractivity contribution is 6.31. The predicted molar refractivity (Wildman–Crippen MR) is 123 cm³/mol. The Hall–Kier alpha value is -2.11. The van der Waals surface area contributed by atoms with E-state index in [0.717, 1.165) is 53.6 Å². The molecule has 5 nitrogen and oxygen atoms in total. The Kier molecular flexibility index (Phi) is 8.32. The van der Waals surface area contributed by atoms with Gasteiger partial charge in [0, 0.05) is 23.0 Å². The third-order valence-electron chi connectivity index (χ3n) is 5.20. The lowest BCUT2D eigenvalue weighted by Crippen LogP contribution is -2.05. The highest BCUT2D eigenvalue weighted by atomic mass is 35.5. The molecule has 0 aliphatic rings. The summed E-state index contributed by atoms with van der Waals surface area (Å²) >= 11 is 6.18. The molecule has 0 saturated carbocycles. The Balaban J connectivity index is 1.64. The molecule has 0 aliphatic carbocycles. The van der Waals surface area contributed by atoms with Gasteiger partial charge in [0.15, 0.2) is 0 Å². The number of benzene rings is 1. The van der Waals surface area contributed by atoms with E-state index in [1.165, 1.54) is 38.5 Å². The topological polar surface area (TPSA) is 73.1 Å². The van der Waals surface area contributed by atoms with E-state index >= 15 is 0 Å². The molecule has 0 unspecified atom stereocenters. The highest BCUT2D eigenvalue weighted by Crippen LogP contribution is 2.32. The van der Waals surface area contributed by atoms with Gasteiger partial charge in [-0.05, 0) is 43.7 Å². The number of halogens is 1. The van der Waals surface area contributed by atoms with Crippen molar-refractivity contribution in [3.05, 3.63) is 35.4 Å². The monoisotopic (exact) mass is 414 g/mol. The average molecular weight is 415 g/mol. The number of aromatic nitrogens is 2. The van der Waals surface area contributed by atoms with Crippen LogP contribution in [0.2, 0.25) is 5.02 Å². The van der Waals surface area contributed by atoms with Crippen molar-refractivity contribution in [3.8, 4) is 5.88 Å². The normalized spacial score (nSPS) is 11.3. The zero-order valence-electron chi connectivity index (χ0n) is 17.2. The molecule has 6 heteroatoms. The molecule has 0 aliphatic heterocycles. The molecular weight excluding hydrogens is 384 g/mol. The fourth-order valence-corrected chi connectivity index (χ4v) is 3.78. The van der Waals surface area contributed by atoms with E-state index in [1.807, 2.05) is 30.3 Å². The number of rotatable bonds is 12. The van der Waals surface area contributed by atoms with Gasteiger partial charge in [-0.1, -0.05) is 50.1 Å². The third kappa shape index (κ3) is 5.94. The quantitative estimate of drug-likeness (QED) is 0.283. The van der Waals surface area contributed by atoms with Crippen molar-refractivity contribution in [2.24, 2.45) is 5.73 Å². The van der Waals surface area contributed by atoms with Crippen molar-refractivity contribution < 1.29 is 4.74 Å². The Labute approximate surface area is 178 Å². The maximum atomic E-state index is 6.18. The van der Waals surface area contributed by atoms with Crippen LogP contribution < -0.4 is 15.8 Å². The summed E-state index contributed by atoms with van der Waals surface area (Å²) < 4.78 is 5.32.